The molecule has 1 fully saturated rings. The van der Waals surface area contributed by atoms with Gasteiger partial charge in [0.15, 0.2) is 0 Å². The molecule has 1 aromatic rings. The second-order valence-corrected chi connectivity index (χ2v) is 10.5. The zero-order valence-electron chi connectivity index (χ0n) is 13.8. The van der Waals surface area contributed by atoms with Crippen LogP contribution in [0, 0.1) is 0 Å². The Morgan fingerprint density at radius 1 is 1.00 bits per heavy atom. The van der Waals surface area contributed by atoms with Crippen LogP contribution >= 0.6 is 15.2 Å². The Balaban J connectivity index is 1.85. The number of hydrogen-bond acceptors (Lipinski definition) is 4. The van der Waals surface area contributed by atoms with E-state index in [1.54, 1.807) is 0 Å². The van der Waals surface area contributed by atoms with E-state index >= 15 is 0 Å². The van der Waals surface area contributed by atoms with Crippen LogP contribution in [0.4, 0.5) is 0 Å². The molecular weight excluding hydrogens is 368 g/mol. The lowest BCUT2D eigenvalue weighted by molar-refractivity contribution is 0.114. The zero-order valence-corrected chi connectivity index (χ0v) is 15.6. The second kappa shape index (κ2) is 7.99. The molecule has 0 aromatic heterocycles. The maximum atomic E-state index is 11.3. The summed E-state index contributed by atoms with van der Waals surface area (Å²) in [5, 5.41) is 6.56. The van der Waals surface area contributed by atoms with Gasteiger partial charge in [-0.05, 0) is 50.4 Å². The summed E-state index contributed by atoms with van der Waals surface area (Å²) in [6.07, 6.45) is 1.33. The standard InChI is InChI=1S/C15H25NO7P2/c17-15(24(18,19)20,25(21,22)23)9-4-10-16-11-7-14(8-12-16)13-5-2-1-3-6-13/h1-3,5-6,14,17H,4,7-12H2,(H2,18,19,20)(H2,21,22,23). The highest BCUT2D eigenvalue weighted by atomic mass is 31.2. The first kappa shape index (κ1) is 20.7. The molecule has 0 aliphatic carbocycles. The van der Waals surface area contributed by atoms with Crippen molar-refractivity contribution in [3.05, 3.63) is 35.9 Å². The van der Waals surface area contributed by atoms with E-state index in [1.807, 2.05) is 18.2 Å². The number of aliphatic hydroxyl groups is 1. The number of piperidine rings is 1. The summed E-state index contributed by atoms with van der Waals surface area (Å²) >= 11 is 0. The third-order valence-corrected chi connectivity index (χ3v) is 8.65. The molecule has 142 valence electrons. The lowest BCUT2D eigenvalue weighted by Gasteiger charge is -2.33. The minimum atomic E-state index is -5.36. The van der Waals surface area contributed by atoms with Crippen LogP contribution < -0.4 is 0 Å². The Kier molecular flexibility index (Phi) is 6.63. The molecule has 1 heterocycles. The summed E-state index contributed by atoms with van der Waals surface area (Å²) in [5.41, 5.74) is 1.29. The summed E-state index contributed by atoms with van der Waals surface area (Å²) in [6, 6.07) is 10.2. The number of nitrogens with zero attached hydrogens (tertiary/aromatic N) is 1. The van der Waals surface area contributed by atoms with Crippen LogP contribution in [0.3, 0.4) is 0 Å². The Morgan fingerprint density at radius 3 is 2.00 bits per heavy atom. The Hall–Kier alpha value is -0.560. The minimum Gasteiger partial charge on any atom is -0.368 e. The molecule has 1 aromatic carbocycles. The normalized spacial score (nSPS) is 18.4. The van der Waals surface area contributed by atoms with Gasteiger partial charge in [0.25, 0.3) is 5.08 Å². The average molecular weight is 393 g/mol. The molecular formula is C15H25NO7P2. The van der Waals surface area contributed by atoms with Crippen molar-refractivity contribution in [3.63, 3.8) is 0 Å². The van der Waals surface area contributed by atoms with Gasteiger partial charge in [-0.3, -0.25) is 9.13 Å². The summed E-state index contributed by atoms with van der Waals surface area (Å²) in [7, 11) is -10.7. The first-order chi connectivity index (χ1) is 11.5. The fraction of sp³-hybridized carbons (Fsp3) is 0.600. The van der Waals surface area contributed by atoms with E-state index in [4.69, 9.17) is 19.6 Å². The van der Waals surface area contributed by atoms with Gasteiger partial charge in [-0.15, -0.1) is 0 Å². The van der Waals surface area contributed by atoms with Crippen LogP contribution in [0.2, 0.25) is 0 Å². The number of rotatable bonds is 7. The van der Waals surface area contributed by atoms with Gasteiger partial charge in [0.05, 0.1) is 0 Å². The third kappa shape index (κ3) is 5.00. The molecule has 2 rings (SSSR count). The van der Waals surface area contributed by atoms with Gasteiger partial charge in [0, 0.05) is 6.42 Å². The van der Waals surface area contributed by atoms with Crippen LogP contribution in [-0.4, -0.2) is 54.3 Å². The van der Waals surface area contributed by atoms with Gasteiger partial charge in [-0.2, -0.15) is 0 Å². The third-order valence-electron chi connectivity index (χ3n) is 4.78. The average Bonchev–Trinajstić information content (AvgIpc) is 2.54. The van der Waals surface area contributed by atoms with E-state index in [1.165, 1.54) is 5.56 Å². The molecule has 0 radical (unpaired) electrons. The van der Waals surface area contributed by atoms with Crippen molar-refractivity contribution in [2.45, 2.75) is 36.7 Å². The smallest absolute Gasteiger partial charge is 0.368 e. The zero-order chi connectivity index (χ0) is 18.7. The minimum absolute atomic E-state index is 0.0860. The predicted octanol–water partition coefficient (Wildman–Crippen LogP) is 1.65. The maximum Gasteiger partial charge on any atom is 0.369 e. The molecule has 0 atom stereocenters. The second-order valence-electron chi connectivity index (χ2n) is 6.49. The summed E-state index contributed by atoms with van der Waals surface area (Å²) in [6.45, 7) is 2.01. The highest BCUT2D eigenvalue weighted by Crippen LogP contribution is 2.69. The van der Waals surface area contributed by atoms with Crippen molar-refractivity contribution in [2.75, 3.05) is 19.6 Å². The monoisotopic (exact) mass is 393 g/mol. The topological polar surface area (TPSA) is 139 Å². The molecule has 8 nitrogen and oxygen atoms in total. The first-order valence-corrected chi connectivity index (χ1v) is 11.4. The van der Waals surface area contributed by atoms with Crippen LogP contribution in [0.5, 0.6) is 0 Å². The molecule has 1 aliphatic heterocycles. The number of likely N-dealkylation sites (tertiary alicyclic amines) is 1. The van der Waals surface area contributed by atoms with Gasteiger partial charge >= 0.3 is 15.2 Å². The molecule has 1 saturated heterocycles. The molecule has 5 N–H and O–H groups in total. The van der Waals surface area contributed by atoms with E-state index < -0.39 is 26.7 Å². The lowest BCUT2D eigenvalue weighted by Crippen LogP contribution is -2.35. The Morgan fingerprint density at radius 2 is 1.52 bits per heavy atom. The van der Waals surface area contributed by atoms with Crippen molar-refractivity contribution in [3.8, 4) is 0 Å². The Bertz CT molecular complexity index is 627. The van der Waals surface area contributed by atoms with Crippen molar-refractivity contribution in [1.82, 2.24) is 4.90 Å². The van der Waals surface area contributed by atoms with Crippen LogP contribution in [0.15, 0.2) is 30.3 Å². The number of hydrogen-bond donors (Lipinski definition) is 5. The van der Waals surface area contributed by atoms with Crippen molar-refractivity contribution >= 4 is 15.2 Å². The van der Waals surface area contributed by atoms with Gasteiger partial charge < -0.3 is 29.6 Å². The largest absolute Gasteiger partial charge is 0.369 e. The van der Waals surface area contributed by atoms with E-state index in [9.17, 15) is 14.2 Å². The van der Waals surface area contributed by atoms with Gasteiger partial charge in [-0.1, -0.05) is 30.3 Å². The highest BCUT2D eigenvalue weighted by molar-refractivity contribution is 7.72. The fourth-order valence-electron chi connectivity index (χ4n) is 3.22. The predicted molar refractivity (Wildman–Crippen MR) is 93.1 cm³/mol. The maximum absolute atomic E-state index is 11.3. The highest BCUT2D eigenvalue weighted by Gasteiger charge is 2.58. The molecule has 0 amide bonds. The molecule has 0 bridgehead atoms. The van der Waals surface area contributed by atoms with E-state index in [0.717, 1.165) is 25.9 Å². The first-order valence-electron chi connectivity index (χ1n) is 8.15. The molecule has 0 spiro atoms. The van der Waals surface area contributed by atoms with Gasteiger partial charge in [0.2, 0.25) is 0 Å². The summed E-state index contributed by atoms with van der Waals surface area (Å²) in [5.74, 6) is 0.472. The van der Waals surface area contributed by atoms with Crippen molar-refractivity contribution in [1.29, 1.82) is 0 Å². The molecule has 25 heavy (non-hydrogen) atoms. The van der Waals surface area contributed by atoms with Crippen molar-refractivity contribution < 1.29 is 33.8 Å². The van der Waals surface area contributed by atoms with E-state index in [0.29, 0.717) is 12.5 Å². The fourth-order valence-corrected chi connectivity index (χ4v) is 5.47. The molecule has 1 aliphatic rings. The van der Waals surface area contributed by atoms with E-state index in [-0.39, 0.29) is 6.42 Å². The molecule has 0 unspecified atom stereocenters. The number of benzene rings is 1. The lowest BCUT2D eigenvalue weighted by atomic mass is 9.89. The summed E-state index contributed by atoms with van der Waals surface area (Å²) < 4.78 is 22.6. The molecule has 10 heteroatoms. The van der Waals surface area contributed by atoms with Crippen LogP contribution in [0.25, 0.3) is 0 Å². The van der Waals surface area contributed by atoms with Gasteiger partial charge in [0.1, 0.15) is 0 Å². The van der Waals surface area contributed by atoms with Crippen LogP contribution in [0.1, 0.15) is 37.2 Å². The summed E-state index contributed by atoms with van der Waals surface area (Å²) in [4.78, 5) is 38.6. The van der Waals surface area contributed by atoms with E-state index in [2.05, 4.69) is 17.0 Å². The van der Waals surface area contributed by atoms with Crippen LogP contribution in [-0.2, 0) is 9.13 Å². The Labute approximate surface area is 146 Å². The molecule has 0 saturated carbocycles. The quantitative estimate of drug-likeness (QED) is 0.441. The SMILES string of the molecule is O=P(O)(O)C(O)(CCCN1CCC(c2ccccc2)CC1)P(=O)(O)O. The van der Waals surface area contributed by atoms with Crippen molar-refractivity contribution in [2.24, 2.45) is 0 Å². The van der Waals surface area contributed by atoms with Gasteiger partial charge in [-0.25, -0.2) is 0 Å².